The lowest BCUT2D eigenvalue weighted by molar-refractivity contribution is -0.140. The van der Waals surface area contributed by atoms with Crippen molar-refractivity contribution in [1.82, 2.24) is 9.80 Å². The zero-order valence-electron chi connectivity index (χ0n) is 13.0. The second-order valence-corrected chi connectivity index (χ2v) is 5.38. The highest BCUT2D eigenvalue weighted by molar-refractivity contribution is 5.81. The third-order valence-electron chi connectivity index (χ3n) is 3.81. The summed E-state index contributed by atoms with van der Waals surface area (Å²) < 4.78 is 18.6. The summed E-state index contributed by atoms with van der Waals surface area (Å²) in [5.41, 5.74) is 0. The van der Waals surface area contributed by atoms with Crippen LogP contribution in [0.4, 0.5) is 4.39 Å². The fourth-order valence-electron chi connectivity index (χ4n) is 2.52. The number of benzene rings is 1. The van der Waals surface area contributed by atoms with Gasteiger partial charge in [-0.15, -0.1) is 6.58 Å². The Labute approximate surface area is 131 Å². The molecule has 120 valence electrons. The van der Waals surface area contributed by atoms with E-state index in [1.807, 2.05) is 17.9 Å². The highest BCUT2D eigenvalue weighted by atomic mass is 19.1. The SMILES string of the molecule is C=CCN1CCN(C(=O)[C@H](CC)Oc2ccc(F)cc2)CC1. The maximum Gasteiger partial charge on any atom is 0.263 e. The molecule has 0 aliphatic carbocycles. The average molecular weight is 306 g/mol. The Kier molecular flexibility index (Phi) is 5.95. The van der Waals surface area contributed by atoms with Gasteiger partial charge in [0.15, 0.2) is 6.10 Å². The Morgan fingerprint density at radius 1 is 1.32 bits per heavy atom. The van der Waals surface area contributed by atoms with E-state index in [4.69, 9.17) is 4.74 Å². The third kappa shape index (κ3) is 4.31. The van der Waals surface area contributed by atoms with Crippen LogP contribution in [0, 0.1) is 5.82 Å². The molecule has 0 N–H and O–H groups in total. The summed E-state index contributed by atoms with van der Waals surface area (Å²) in [6, 6.07) is 5.77. The third-order valence-corrected chi connectivity index (χ3v) is 3.81. The fraction of sp³-hybridized carbons (Fsp3) is 0.471. The molecule has 0 unspecified atom stereocenters. The Morgan fingerprint density at radius 2 is 1.95 bits per heavy atom. The first-order valence-corrected chi connectivity index (χ1v) is 7.68. The lowest BCUT2D eigenvalue weighted by Crippen LogP contribution is -2.52. The molecule has 22 heavy (non-hydrogen) atoms. The van der Waals surface area contributed by atoms with Crippen LogP contribution in [0.15, 0.2) is 36.9 Å². The van der Waals surface area contributed by atoms with Crippen LogP contribution in [0.1, 0.15) is 13.3 Å². The number of nitrogens with zero attached hydrogens (tertiary/aromatic N) is 2. The first-order valence-electron chi connectivity index (χ1n) is 7.68. The van der Waals surface area contributed by atoms with E-state index in [0.29, 0.717) is 25.3 Å². The van der Waals surface area contributed by atoms with Gasteiger partial charge in [0.1, 0.15) is 11.6 Å². The van der Waals surface area contributed by atoms with Crippen molar-refractivity contribution < 1.29 is 13.9 Å². The minimum Gasteiger partial charge on any atom is -0.481 e. The van der Waals surface area contributed by atoms with Crippen LogP contribution < -0.4 is 4.74 Å². The lowest BCUT2D eigenvalue weighted by Gasteiger charge is -2.35. The quantitative estimate of drug-likeness (QED) is 0.756. The van der Waals surface area contributed by atoms with Crippen molar-refractivity contribution >= 4 is 5.91 Å². The molecule has 2 rings (SSSR count). The van der Waals surface area contributed by atoms with Gasteiger partial charge in [-0.2, -0.15) is 0 Å². The van der Waals surface area contributed by atoms with Gasteiger partial charge < -0.3 is 9.64 Å². The molecule has 5 heteroatoms. The molecule has 1 aliphatic rings. The molecule has 1 amide bonds. The van der Waals surface area contributed by atoms with Gasteiger partial charge in [0.25, 0.3) is 5.91 Å². The topological polar surface area (TPSA) is 32.8 Å². The highest BCUT2D eigenvalue weighted by Crippen LogP contribution is 2.16. The van der Waals surface area contributed by atoms with E-state index in [2.05, 4.69) is 11.5 Å². The first-order chi connectivity index (χ1) is 10.6. The Bertz CT molecular complexity index is 496. The van der Waals surface area contributed by atoms with Crippen molar-refractivity contribution in [2.45, 2.75) is 19.4 Å². The number of ether oxygens (including phenoxy) is 1. The molecule has 0 spiro atoms. The van der Waals surface area contributed by atoms with Crippen LogP contribution in [0.25, 0.3) is 0 Å². The summed E-state index contributed by atoms with van der Waals surface area (Å²) in [4.78, 5) is 16.7. The molecule has 1 fully saturated rings. The lowest BCUT2D eigenvalue weighted by atomic mass is 10.2. The van der Waals surface area contributed by atoms with Crippen LogP contribution in [0.2, 0.25) is 0 Å². The highest BCUT2D eigenvalue weighted by Gasteiger charge is 2.27. The normalized spacial score (nSPS) is 17.1. The van der Waals surface area contributed by atoms with Gasteiger partial charge in [0, 0.05) is 32.7 Å². The molecular weight excluding hydrogens is 283 g/mol. The van der Waals surface area contributed by atoms with Crippen LogP contribution in [-0.4, -0.2) is 54.5 Å². The van der Waals surface area contributed by atoms with Gasteiger partial charge in [0.05, 0.1) is 0 Å². The predicted molar refractivity (Wildman–Crippen MR) is 84.3 cm³/mol. The summed E-state index contributed by atoms with van der Waals surface area (Å²) in [5.74, 6) is 0.210. The summed E-state index contributed by atoms with van der Waals surface area (Å²) >= 11 is 0. The molecule has 4 nitrogen and oxygen atoms in total. The van der Waals surface area contributed by atoms with Gasteiger partial charge in [-0.1, -0.05) is 13.0 Å². The summed E-state index contributed by atoms with van der Waals surface area (Å²) in [6.07, 6.45) is 1.95. The van der Waals surface area contributed by atoms with Gasteiger partial charge in [-0.25, -0.2) is 4.39 Å². The molecule has 1 heterocycles. The van der Waals surface area contributed by atoms with Crippen LogP contribution in [-0.2, 0) is 4.79 Å². The predicted octanol–water partition coefficient (Wildman–Crippen LogP) is 2.31. The van der Waals surface area contributed by atoms with Gasteiger partial charge in [-0.05, 0) is 30.7 Å². The van der Waals surface area contributed by atoms with Crippen LogP contribution in [0.5, 0.6) is 5.75 Å². The molecular formula is C17H23FN2O2. The minimum atomic E-state index is -0.517. The van der Waals surface area contributed by atoms with E-state index in [1.54, 1.807) is 12.1 Å². The number of hydrogen-bond acceptors (Lipinski definition) is 3. The number of carbonyl (C=O) groups is 1. The zero-order valence-corrected chi connectivity index (χ0v) is 13.0. The monoisotopic (exact) mass is 306 g/mol. The smallest absolute Gasteiger partial charge is 0.263 e. The van der Waals surface area contributed by atoms with Crippen molar-refractivity contribution in [1.29, 1.82) is 0 Å². The molecule has 1 aliphatic heterocycles. The molecule has 0 bridgehead atoms. The maximum absolute atomic E-state index is 12.9. The molecule has 0 radical (unpaired) electrons. The van der Waals surface area contributed by atoms with Gasteiger partial charge in [0.2, 0.25) is 0 Å². The second kappa shape index (κ2) is 7.94. The van der Waals surface area contributed by atoms with E-state index in [0.717, 1.165) is 19.6 Å². The standard InChI is InChI=1S/C17H23FN2O2/c1-3-9-19-10-12-20(13-11-19)17(21)16(4-2)22-15-7-5-14(18)6-8-15/h3,5-8,16H,1,4,9-13H2,2H3/t16-/m0/s1. The Balaban J connectivity index is 1.91. The fourth-order valence-corrected chi connectivity index (χ4v) is 2.52. The number of amides is 1. The zero-order chi connectivity index (χ0) is 15.9. The summed E-state index contributed by atoms with van der Waals surface area (Å²) in [6.45, 7) is 9.62. The van der Waals surface area contributed by atoms with E-state index in [9.17, 15) is 9.18 Å². The molecule has 1 atom stereocenters. The molecule has 0 saturated carbocycles. The minimum absolute atomic E-state index is 0.00470. The van der Waals surface area contributed by atoms with Gasteiger partial charge >= 0.3 is 0 Å². The van der Waals surface area contributed by atoms with Crippen LogP contribution in [0.3, 0.4) is 0 Å². The largest absolute Gasteiger partial charge is 0.481 e. The number of hydrogen-bond donors (Lipinski definition) is 0. The summed E-state index contributed by atoms with van der Waals surface area (Å²) in [7, 11) is 0. The van der Waals surface area contributed by atoms with Crippen molar-refractivity contribution in [3.63, 3.8) is 0 Å². The number of piperazine rings is 1. The average Bonchev–Trinajstić information content (AvgIpc) is 2.55. The number of halogens is 1. The number of carbonyl (C=O) groups excluding carboxylic acids is 1. The van der Waals surface area contributed by atoms with E-state index in [-0.39, 0.29) is 11.7 Å². The van der Waals surface area contributed by atoms with Crippen LogP contribution >= 0.6 is 0 Å². The number of rotatable bonds is 6. The molecule has 0 aromatic heterocycles. The molecule has 1 aromatic carbocycles. The molecule has 1 saturated heterocycles. The van der Waals surface area contributed by atoms with E-state index >= 15 is 0 Å². The second-order valence-electron chi connectivity index (χ2n) is 5.38. The first kappa shape index (κ1) is 16.5. The Hall–Kier alpha value is -1.88. The van der Waals surface area contributed by atoms with Crippen molar-refractivity contribution in [2.75, 3.05) is 32.7 Å². The summed E-state index contributed by atoms with van der Waals surface area (Å²) in [5, 5.41) is 0. The van der Waals surface area contributed by atoms with Crippen molar-refractivity contribution in [3.8, 4) is 5.75 Å². The van der Waals surface area contributed by atoms with E-state index in [1.165, 1.54) is 12.1 Å². The Morgan fingerprint density at radius 3 is 2.50 bits per heavy atom. The maximum atomic E-state index is 12.9. The van der Waals surface area contributed by atoms with Crippen molar-refractivity contribution in [2.24, 2.45) is 0 Å². The molecule has 1 aromatic rings. The van der Waals surface area contributed by atoms with E-state index < -0.39 is 6.10 Å². The van der Waals surface area contributed by atoms with Crippen molar-refractivity contribution in [3.05, 3.63) is 42.7 Å². The van der Waals surface area contributed by atoms with Gasteiger partial charge in [-0.3, -0.25) is 9.69 Å².